The summed E-state index contributed by atoms with van der Waals surface area (Å²) in [4.78, 5) is 25.7. The number of likely N-dealkylation sites (tertiary alicyclic amines) is 1. The number of carbonyl (C=O) groups is 1. The van der Waals surface area contributed by atoms with Gasteiger partial charge < -0.3 is 9.80 Å². The van der Waals surface area contributed by atoms with Gasteiger partial charge in [0.05, 0.1) is 0 Å². The molecule has 0 atom stereocenters. The second-order valence-electron chi connectivity index (χ2n) is 7.10. The Morgan fingerprint density at radius 3 is 2.52 bits per heavy atom. The van der Waals surface area contributed by atoms with Crippen LogP contribution >= 0.6 is 0 Å². The molecule has 1 saturated heterocycles. The minimum Gasteiger partial charge on any atom is -0.350 e. The number of rotatable bonds is 4. The summed E-state index contributed by atoms with van der Waals surface area (Å²) in [5, 5.41) is 0. The van der Waals surface area contributed by atoms with Gasteiger partial charge in [-0.05, 0) is 50.8 Å². The van der Waals surface area contributed by atoms with Crippen molar-refractivity contribution in [3.05, 3.63) is 54.0 Å². The summed E-state index contributed by atoms with van der Waals surface area (Å²) >= 11 is 0. The maximum atomic E-state index is 12.7. The van der Waals surface area contributed by atoms with E-state index < -0.39 is 0 Å². The number of carbonyl (C=O) groups excluding carboxylic acids is 1. The van der Waals surface area contributed by atoms with Gasteiger partial charge >= 0.3 is 0 Å². The van der Waals surface area contributed by atoms with Crippen LogP contribution in [0.5, 0.6) is 0 Å². The van der Waals surface area contributed by atoms with Crippen LogP contribution in [0.2, 0.25) is 0 Å². The lowest BCUT2D eigenvalue weighted by Crippen LogP contribution is -2.48. The van der Waals surface area contributed by atoms with Crippen LogP contribution in [0.3, 0.4) is 0 Å². The third kappa shape index (κ3) is 3.50. The van der Waals surface area contributed by atoms with Gasteiger partial charge in [0.25, 0.3) is 5.91 Å². The molecular weight excluding hydrogens is 312 g/mol. The number of benzene rings is 1. The van der Waals surface area contributed by atoms with Crippen molar-refractivity contribution in [3.63, 3.8) is 0 Å². The number of aromatic nitrogens is 2. The normalized spacial score (nSPS) is 18.2. The molecule has 25 heavy (non-hydrogen) atoms. The summed E-state index contributed by atoms with van der Waals surface area (Å²) in [6.45, 7) is 3.65. The fraction of sp³-hybridized carbons (Fsp3) is 0.450. The molecule has 1 saturated carbocycles. The summed E-state index contributed by atoms with van der Waals surface area (Å²) < 4.78 is 0. The van der Waals surface area contributed by atoms with Crippen LogP contribution in [0.25, 0.3) is 0 Å². The predicted octanol–water partition coefficient (Wildman–Crippen LogP) is 3.06. The fourth-order valence-electron chi connectivity index (χ4n) is 3.77. The third-order valence-corrected chi connectivity index (χ3v) is 5.18. The molecule has 0 spiro atoms. The molecule has 130 valence electrons. The topological polar surface area (TPSA) is 49.3 Å². The summed E-state index contributed by atoms with van der Waals surface area (Å²) in [6, 6.07) is 11.0. The summed E-state index contributed by atoms with van der Waals surface area (Å²) in [7, 11) is 0. The Kier molecular flexibility index (Phi) is 4.38. The van der Waals surface area contributed by atoms with E-state index in [-0.39, 0.29) is 5.91 Å². The largest absolute Gasteiger partial charge is 0.350 e. The summed E-state index contributed by atoms with van der Waals surface area (Å²) in [6.07, 6.45) is 7.92. The molecule has 5 heteroatoms. The monoisotopic (exact) mass is 336 g/mol. The zero-order chi connectivity index (χ0) is 17.2. The van der Waals surface area contributed by atoms with Crippen molar-refractivity contribution in [1.29, 1.82) is 0 Å². The van der Waals surface area contributed by atoms with E-state index in [1.165, 1.54) is 12.8 Å². The molecular formula is C20H24N4O. The highest BCUT2D eigenvalue weighted by molar-refractivity contribution is 5.94. The van der Waals surface area contributed by atoms with Crippen LogP contribution in [0.15, 0.2) is 42.9 Å². The zero-order valence-electron chi connectivity index (χ0n) is 14.6. The van der Waals surface area contributed by atoms with Crippen LogP contribution < -0.4 is 4.90 Å². The quantitative estimate of drug-likeness (QED) is 0.861. The molecule has 1 aromatic heterocycles. The molecule has 4 rings (SSSR count). The number of piperidine rings is 1. The maximum absolute atomic E-state index is 12.7. The van der Waals surface area contributed by atoms with Crippen molar-refractivity contribution in [2.24, 2.45) is 0 Å². The highest BCUT2D eigenvalue weighted by atomic mass is 16.2. The average molecular weight is 336 g/mol. The molecule has 5 nitrogen and oxygen atoms in total. The molecule has 1 aliphatic heterocycles. The number of anilines is 1. The van der Waals surface area contributed by atoms with E-state index in [9.17, 15) is 4.79 Å². The van der Waals surface area contributed by atoms with Crippen LogP contribution in [-0.4, -0.2) is 45.9 Å². The van der Waals surface area contributed by atoms with Gasteiger partial charge in [-0.1, -0.05) is 17.7 Å². The Morgan fingerprint density at radius 2 is 1.88 bits per heavy atom. The number of aryl methyl sites for hydroxylation is 1. The SMILES string of the molecule is Cc1cccc(C(=O)N2CCC(N(c3ccncn3)C3CC3)CC2)c1. The third-order valence-electron chi connectivity index (χ3n) is 5.18. The van der Waals surface area contributed by atoms with Crippen LogP contribution in [0.1, 0.15) is 41.6 Å². The highest BCUT2D eigenvalue weighted by Gasteiger charge is 2.37. The van der Waals surface area contributed by atoms with E-state index >= 15 is 0 Å². The second-order valence-corrected chi connectivity index (χ2v) is 7.10. The number of hydrogen-bond acceptors (Lipinski definition) is 4. The molecule has 1 amide bonds. The molecule has 0 radical (unpaired) electrons. The van der Waals surface area contributed by atoms with Gasteiger partial charge in [0.15, 0.2) is 0 Å². The molecule has 2 aromatic rings. The van der Waals surface area contributed by atoms with Gasteiger partial charge in [0.1, 0.15) is 12.1 Å². The lowest BCUT2D eigenvalue weighted by atomic mass is 10.0. The zero-order valence-corrected chi connectivity index (χ0v) is 14.6. The molecule has 2 fully saturated rings. The van der Waals surface area contributed by atoms with E-state index in [2.05, 4.69) is 14.9 Å². The lowest BCUT2D eigenvalue weighted by molar-refractivity contribution is 0.0711. The van der Waals surface area contributed by atoms with Crippen LogP contribution in [0, 0.1) is 6.92 Å². The summed E-state index contributed by atoms with van der Waals surface area (Å²) in [5.74, 6) is 1.18. The minimum atomic E-state index is 0.155. The smallest absolute Gasteiger partial charge is 0.253 e. The Balaban J connectivity index is 1.43. The molecule has 1 aliphatic carbocycles. The van der Waals surface area contributed by atoms with E-state index in [0.29, 0.717) is 12.1 Å². The first kappa shape index (κ1) is 16.1. The van der Waals surface area contributed by atoms with Crippen molar-refractivity contribution in [2.75, 3.05) is 18.0 Å². The van der Waals surface area contributed by atoms with Gasteiger partial charge in [-0.25, -0.2) is 9.97 Å². The van der Waals surface area contributed by atoms with Crippen molar-refractivity contribution >= 4 is 11.7 Å². The fourth-order valence-corrected chi connectivity index (χ4v) is 3.77. The van der Waals surface area contributed by atoms with Crippen molar-refractivity contribution in [1.82, 2.24) is 14.9 Å². The lowest BCUT2D eigenvalue weighted by Gasteiger charge is -2.39. The molecule has 2 aliphatic rings. The number of hydrogen-bond donors (Lipinski definition) is 0. The molecule has 2 heterocycles. The number of amides is 1. The highest BCUT2D eigenvalue weighted by Crippen LogP contribution is 2.35. The van der Waals surface area contributed by atoms with E-state index in [1.807, 2.05) is 48.4 Å². The van der Waals surface area contributed by atoms with E-state index in [1.54, 1.807) is 6.33 Å². The first-order valence-electron chi connectivity index (χ1n) is 9.12. The van der Waals surface area contributed by atoms with Gasteiger partial charge in [-0.3, -0.25) is 4.79 Å². The Bertz CT molecular complexity index is 736. The molecule has 0 N–H and O–H groups in total. The first-order chi connectivity index (χ1) is 12.2. The minimum absolute atomic E-state index is 0.155. The first-order valence-corrected chi connectivity index (χ1v) is 9.12. The number of nitrogens with zero attached hydrogens (tertiary/aromatic N) is 4. The van der Waals surface area contributed by atoms with Gasteiger partial charge in [0.2, 0.25) is 0 Å². The Labute approximate surface area is 148 Å². The Hall–Kier alpha value is -2.43. The maximum Gasteiger partial charge on any atom is 0.253 e. The molecule has 0 unspecified atom stereocenters. The van der Waals surface area contributed by atoms with Crippen molar-refractivity contribution < 1.29 is 4.79 Å². The van der Waals surface area contributed by atoms with E-state index in [4.69, 9.17) is 0 Å². The molecule has 0 bridgehead atoms. The van der Waals surface area contributed by atoms with Crippen LogP contribution in [-0.2, 0) is 0 Å². The van der Waals surface area contributed by atoms with Gasteiger partial charge in [-0.15, -0.1) is 0 Å². The standard InChI is InChI=1S/C20H24N4O/c1-15-3-2-4-16(13-15)20(25)23-11-8-18(9-12-23)24(17-5-6-17)19-7-10-21-14-22-19/h2-4,7,10,13-14,17-18H,5-6,8-9,11-12H2,1H3. The van der Waals surface area contributed by atoms with Gasteiger partial charge in [0, 0.05) is 36.9 Å². The van der Waals surface area contributed by atoms with Gasteiger partial charge in [-0.2, -0.15) is 0 Å². The van der Waals surface area contributed by atoms with E-state index in [0.717, 1.165) is 42.9 Å². The summed E-state index contributed by atoms with van der Waals surface area (Å²) in [5.41, 5.74) is 1.93. The van der Waals surface area contributed by atoms with Crippen molar-refractivity contribution in [2.45, 2.75) is 44.7 Å². The van der Waals surface area contributed by atoms with Crippen LogP contribution in [0.4, 0.5) is 5.82 Å². The second kappa shape index (κ2) is 6.82. The molecule has 1 aromatic carbocycles. The Morgan fingerprint density at radius 1 is 1.12 bits per heavy atom. The average Bonchev–Trinajstić information content (AvgIpc) is 3.48. The van der Waals surface area contributed by atoms with Crippen molar-refractivity contribution in [3.8, 4) is 0 Å². The predicted molar refractivity (Wildman–Crippen MR) is 97.6 cm³/mol.